The third-order valence-corrected chi connectivity index (χ3v) is 5.36. The van der Waals surface area contributed by atoms with Gasteiger partial charge in [-0.1, -0.05) is 11.6 Å². The number of hydrogen-bond donors (Lipinski definition) is 1. The van der Waals surface area contributed by atoms with Gasteiger partial charge in [0, 0.05) is 57.7 Å². The molecule has 3 rings (SSSR count). The molecule has 1 aromatic rings. The number of carbonyl (C=O) groups excluding carboxylic acids is 1. The second kappa shape index (κ2) is 7.80. The Morgan fingerprint density at radius 2 is 1.77 bits per heavy atom. The van der Waals surface area contributed by atoms with E-state index in [1.54, 1.807) is 6.92 Å². The summed E-state index contributed by atoms with van der Waals surface area (Å²) in [4.78, 5) is 15.5. The highest BCUT2D eigenvalue weighted by atomic mass is 19.2. The van der Waals surface area contributed by atoms with Crippen molar-refractivity contribution in [3.05, 3.63) is 46.8 Å². The summed E-state index contributed by atoms with van der Waals surface area (Å²) in [5, 5.41) is 0. The van der Waals surface area contributed by atoms with Gasteiger partial charge in [0.25, 0.3) is 0 Å². The molecular weight excluding hydrogens is 343 g/mol. The molecule has 7 heteroatoms. The number of nitrogens with two attached hydrogens (primary N) is 1. The summed E-state index contributed by atoms with van der Waals surface area (Å²) < 4.78 is 40.7. The van der Waals surface area contributed by atoms with Crippen LogP contribution < -0.4 is 5.73 Å². The highest BCUT2D eigenvalue weighted by Crippen LogP contribution is 2.34. The van der Waals surface area contributed by atoms with E-state index in [2.05, 4.69) is 4.90 Å². The molecule has 1 aliphatic carbocycles. The first-order valence-corrected chi connectivity index (χ1v) is 8.91. The third-order valence-electron chi connectivity index (χ3n) is 5.36. The molecule has 0 saturated carbocycles. The maximum atomic E-state index is 14.0. The number of hydrogen-bond acceptors (Lipinski definition) is 3. The predicted molar refractivity (Wildman–Crippen MR) is 93.0 cm³/mol. The second-order valence-corrected chi connectivity index (χ2v) is 7.14. The fourth-order valence-corrected chi connectivity index (χ4v) is 3.81. The third kappa shape index (κ3) is 4.10. The largest absolute Gasteiger partial charge is 0.340 e. The van der Waals surface area contributed by atoms with Crippen LogP contribution in [0.4, 0.5) is 13.2 Å². The number of amides is 1. The van der Waals surface area contributed by atoms with Gasteiger partial charge >= 0.3 is 0 Å². The summed E-state index contributed by atoms with van der Waals surface area (Å²) in [5.41, 5.74) is 7.54. The zero-order valence-electron chi connectivity index (χ0n) is 14.9. The van der Waals surface area contributed by atoms with E-state index in [9.17, 15) is 18.0 Å². The SMILES string of the molecule is CC(=O)N1CCN(CC2=CC[C@@H](c3cc(F)c(F)cc3F)[C@H](N)C2)CC1. The van der Waals surface area contributed by atoms with Crippen LogP contribution in [0.5, 0.6) is 0 Å². The molecule has 0 spiro atoms. The first-order chi connectivity index (χ1) is 12.3. The van der Waals surface area contributed by atoms with Gasteiger partial charge in [-0.05, 0) is 24.5 Å². The molecule has 2 N–H and O–H groups in total. The fourth-order valence-electron chi connectivity index (χ4n) is 3.81. The predicted octanol–water partition coefficient (Wildman–Crippen LogP) is 2.40. The van der Waals surface area contributed by atoms with Crippen molar-refractivity contribution in [1.29, 1.82) is 0 Å². The van der Waals surface area contributed by atoms with Gasteiger partial charge in [0.2, 0.25) is 5.91 Å². The molecule has 26 heavy (non-hydrogen) atoms. The average Bonchev–Trinajstić information content (AvgIpc) is 2.59. The molecule has 4 nitrogen and oxygen atoms in total. The first kappa shape index (κ1) is 18.9. The number of carbonyl (C=O) groups is 1. The zero-order chi connectivity index (χ0) is 18.8. The minimum absolute atomic E-state index is 0.0972. The van der Waals surface area contributed by atoms with Crippen LogP contribution in [0.1, 0.15) is 31.2 Å². The van der Waals surface area contributed by atoms with Crippen LogP contribution in [0, 0.1) is 17.5 Å². The molecule has 1 fully saturated rings. The maximum absolute atomic E-state index is 14.0. The number of nitrogens with zero attached hydrogens (tertiary/aromatic N) is 2. The molecule has 0 bridgehead atoms. The van der Waals surface area contributed by atoms with Crippen molar-refractivity contribution in [2.45, 2.75) is 31.7 Å². The van der Waals surface area contributed by atoms with Gasteiger partial charge in [-0.2, -0.15) is 0 Å². The number of benzene rings is 1. The van der Waals surface area contributed by atoms with Crippen LogP contribution in [0.3, 0.4) is 0 Å². The molecule has 1 amide bonds. The van der Waals surface area contributed by atoms with Crippen molar-refractivity contribution in [3.63, 3.8) is 0 Å². The zero-order valence-corrected chi connectivity index (χ0v) is 14.9. The Bertz CT molecular complexity index is 714. The van der Waals surface area contributed by atoms with Gasteiger partial charge < -0.3 is 10.6 Å². The lowest BCUT2D eigenvalue weighted by Crippen LogP contribution is -2.48. The molecule has 142 valence electrons. The van der Waals surface area contributed by atoms with Gasteiger partial charge in [0.1, 0.15) is 5.82 Å². The Hall–Kier alpha value is -1.86. The molecule has 1 saturated heterocycles. The van der Waals surface area contributed by atoms with E-state index in [0.717, 1.165) is 38.8 Å². The van der Waals surface area contributed by atoms with Crippen LogP contribution in [0.25, 0.3) is 0 Å². The van der Waals surface area contributed by atoms with Crippen LogP contribution in [-0.2, 0) is 4.79 Å². The molecule has 0 aromatic heterocycles. The lowest BCUT2D eigenvalue weighted by Gasteiger charge is -2.36. The van der Waals surface area contributed by atoms with E-state index in [1.807, 2.05) is 11.0 Å². The van der Waals surface area contributed by atoms with Crippen molar-refractivity contribution in [3.8, 4) is 0 Å². The van der Waals surface area contributed by atoms with E-state index in [-0.39, 0.29) is 23.4 Å². The van der Waals surface area contributed by atoms with Gasteiger partial charge in [-0.15, -0.1) is 0 Å². The lowest BCUT2D eigenvalue weighted by atomic mass is 9.80. The molecule has 2 aliphatic rings. The van der Waals surface area contributed by atoms with Crippen molar-refractivity contribution >= 4 is 5.91 Å². The Balaban J connectivity index is 1.63. The van der Waals surface area contributed by atoms with E-state index in [1.165, 1.54) is 5.57 Å². The number of rotatable bonds is 3. The van der Waals surface area contributed by atoms with Crippen molar-refractivity contribution in [2.24, 2.45) is 5.73 Å². The molecular formula is C19H24F3N3O. The summed E-state index contributed by atoms with van der Waals surface area (Å²) in [5.74, 6) is -3.24. The molecule has 2 atom stereocenters. The smallest absolute Gasteiger partial charge is 0.219 e. The highest BCUT2D eigenvalue weighted by molar-refractivity contribution is 5.73. The number of piperazine rings is 1. The minimum Gasteiger partial charge on any atom is -0.340 e. The van der Waals surface area contributed by atoms with E-state index < -0.39 is 17.5 Å². The highest BCUT2D eigenvalue weighted by Gasteiger charge is 2.29. The average molecular weight is 367 g/mol. The standard InChI is InChI=1S/C19H24F3N3O/c1-12(26)25-6-4-24(5-7-25)11-13-2-3-14(19(23)8-13)15-9-17(21)18(22)10-16(15)20/h2,9-10,14,19H,3-8,11,23H2,1H3/t14-,19+/m0/s1. The first-order valence-electron chi connectivity index (χ1n) is 8.91. The summed E-state index contributed by atoms with van der Waals surface area (Å²) in [6.07, 6.45) is 3.13. The molecule has 1 heterocycles. The normalized spacial score (nSPS) is 24.5. The number of halogens is 3. The summed E-state index contributed by atoms with van der Waals surface area (Å²) in [7, 11) is 0. The topological polar surface area (TPSA) is 49.6 Å². The van der Waals surface area contributed by atoms with Crippen molar-refractivity contribution in [1.82, 2.24) is 9.80 Å². The molecule has 1 aromatic carbocycles. The van der Waals surface area contributed by atoms with Gasteiger partial charge in [0.15, 0.2) is 11.6 Å². The molecule has 0 radical (unpaired) electrons. The molecule has 1 aliphatic heterocycles. The Morgan fingerprint density at radius 3 is 2.38 bits per heavy atom. The summed E-state index contributed by atoms with van der Waals surface area (Å²) in [6, 6.07) is 1.17. The van der Waals surface area contributed by atoms with E-state index in [0.29, 0.717) is 18.9 Å². The van der Waals surface area contributed by atoms with E-state index in [4.69, 9.17) is 5.73 Å². The fraction of sp³-hybridized carbons (Fsp3) is 0.526. The van der Waals surface area contributed by atoms with Gasteiger partial charge in [0.05, 0.1) is 0 Å². The maximum Gasteiger partial charge on any atom is 0.219 e. The van der Waals surface area contributed by atoms with Crippen LogP contribution in [0.2, 0.25) is 0 Å². The monoisotopic (exact) mass is 367 g/mol. The van der Waals surface area contributed by atoms with Gasteiger partial charge in [-0.25, -0.2) is 13.2 Å². The van der Waals surface area contributed by atoms with Gasteiger partial charge in [-0.3, -0.25) is 9.69 Å². The number of allylic oxidation sites excluding steroid dienone is 1. The van der Waals surface area contributed by atoms with Crippen molar-refractivity contribution in [2.75, 3.05) is 32.7 Å². The molecule has 0 unspecified atom stereocenters. The van der Waals surface area contributed by atoms with Crippen LogP contribution in [-0.4, -0.2) is 54.5 Å². The lowest BCUT2D eigenvalue weighted by molar-refractivity contribution is -0.130. The summed E-state index contributed by atoms with van der Waals surface area (Å²) >= 11 is 0. The van der Waals surface area contributed by atoms with E-state index >= 15 is 0 Å². The minimum atomic E-state index is -1.18. The van der Waals surface area contributed by atoms with Crippen molar-refractivity contribution < 1.29 is 18.0 Å². The quantitative estimate of drug-likeness (QED) is 0.659. The van der Waals surface area contributed by atoms with Crippen LogP contribution >= 0.6 is 0 Å². The Labute approximate surface area is 151 Å². The Morgan fingerprint density at radius 1 is 1.12 bits per heavy atom. The second-order valence-electron chi connectivity index (χ2n) is 7.14. The Kier molecular flexibility index (Phi) is 5.67. The van der Waals surface area contributed by atoms with Crippen LogP contribution in [0.15, 0.2) is 23.8 Å². The summed E-state index contributed by atoms with van der Waals surface area (Å²) in [6.45, 7) is 5.41.